The van der Waals surface area contributed by atoms with E-state index in [1.165, 1.54) is 6.20 Å². The molecular formula is C24H34N4O5. The van der Waals surface area contributed by atoms with E-state index < -0.39 is 11.7 Å². The van der Waals surface area contributed by atoms with E-state index in [1.807, 2.05) is 37.2 Å². The molecule has 1 aromatic carbocycles. The first-order valence-electron chi connectivity index (χ1n) is 11.1. The third-order valence-electron chi connectivity index (χ3n) is 5.64. The minimum Gasteiger partial charge on any atom is -0.493 e. The number of rotatable bonds is 11. The molecule has 1 aliphatic heterocycles. The maximum absolute atomic E-state index is 12.2. The van der Waals surface area contributed by atoms with Crippen molar-refractivity contribution < 1.29 is 24.5 Å². The standard InChI is InChI=1S/C24H34N4O5/c1-27(2)11-6-12-33-20-9-8-18(13-21(20)32-3)14-28-15-22(29)24(31,17-28)16-26-23(30)19-7-4-5-10-25-19/h4-5,7-10,13,22,29,31H,6,11-12,14-17H2,1-3H3,(H,26,30)/t22-,24+/m1/s1. The molecule has 0 spiro atoms. The van der Waals surface area contributed by atoms with Crippen LogP contribution in [-0.2, 0) is 6.54 Å². The lowest BCUT2D eigenvalue weighted by Gasteiger charge is -2.26. The summed E-state index contributed by atoms with van der Waals surface area (Å²) in [7, 11) is 5.66. The van der Waals surface area contributed by atoms with Gasteiger partial charge in [-0.05, 0) is 50.3 Å². The Balaban J connectivity index is 1.55. The molecule has 2 heterocycles. The van der Waals surface area contributed by atoms with Gasteiger partial charge in [-0.3, -0.25) is 14.7 Å². The molecule has 9 nitrogen and oxygen atoms in total. The van der Waals surface area contributed by atoms with Crippen molar-refractivity contribution >= 4 is 5.91 Å². The van der Waals surface area contributed by atoms with Gasteiger partial charge in [0.2, 0.25) is 0 Å². The highest BCUT2D eigenvalue weighted by Crippen LogP contribution is 2.30. The Labute approximate surface area is 194 Å². The number of aromatic nitrogens is 1. The van der Waals surface area contributed by atoms with Gasteiger partial charge >= 0.3 is 0 Å². The van der Waals surface area contributed by atoms with E-state index in [0.29, 0.717) is 31.2 Å². The zero-order valence-corrected chi connectivity index (χ0v) is 19.5. The van der Waals surface area contributed by atoms with Crippen molar-refractivity contribution in [3.8, 4) is 11.5 Å². The van der Waals surface area contributed by atoms with Gasteiger partial charge in [-0.25, -0.2) is 0 Å². The molecule has 3 rings (SSSR count). The number of nitrogens with zero attached hydrogens (tertiary/aromatic N) is 3. The normalized spacial score (nSPS) is 20.7. The molecule has 1 aliphatic rings. The first-order chi connectivity index (χ1) is 15.8. The highest BCUT2D eigenvalue weighted by atomic mass is 16.5. The van der Waals surface area contributed by atoms with Crippen LogP contribution in [0.25, 0.3) is 0 Å². The second kappa shape index (κ2) is 11.4. The van der Waals surface area contributed by atoms with Crippen LogP contribution in [0.1, 0.15) is 22.5 Å². The summed E-state index contributed by atoms with van der Waals surface area (Å²) >= 11 is 0. The van der Waals surface area contributed by atoms with Crippen molar-refractivity contribution in [3.05, 3.63) is 53.9 Å². The number of nitrogens with one attached hydrogen (secondary N) is 1. The van der Waals surface area contributed by atoms with E-state index in [9.17, 15) is 15.0 Å². The maximum Gasteiger partial charge on any atom is 0.269 e. The Morgan fingerprint density at radius 3 is 2.82 bits per heavy atom. The second-order valence-electron chi connectivity index (χ2n) is 8.68. The molecule has 2 aromatic rings. The summed E-state index contributed by atoms with van der Waals surface area (Å²) in [6.45, 7) is 2.52. The molecule has 1 saturated heterocycles. The van der Waals surface area contributed by atoms with Crippen molar-refractivity contribution in [2.45, 2.75) is 24.7 Å². The number of carbonyl (C=O) groups excluding carboxylic acids is 1. The van der Waals surface area contributed by atoms with Crippen LogP contribution < -0.4 is 14.8 Å². The fraction of sp³-hybridized carbons (Fsp3) is 0.500. The van der Waals surface area contributed by atoms with Crippen LogP contribution in [0.3, 0.4) is 0 Å². The van der Waals surface area contributed by atoms with Crippen LogP contribution >= 0.6 is 0 Å². The van der Waals surface area contributed by atoms with Gasteiger partial charge in [-0.1, -0.05) is 12.1 Å². The molecular weight excluding hydrogens is 424 g/mol. The molecule has 1 aromatic heterocycles. The van der Waals surface area contributed by atoms with E-state index in [4.69, 9.17) is 9.47 Å². The van der Waals surface area contributed by atoms with Gasteiger partial charge in [-0.15, -0.1) is 0 Å². The van der Waals surface area contributed by atoms with Crippen molar-refractivity contribution in [1.29, 1.82) is 0 Å². The van der Waals surface area contributed by atoms with E-state index in [0.717, 1.165) is 18.5 Å². The van der Waals surface area contributed by atoms with Gasteiger partial charge in [0.15, 0.2) is 11.5 Å². The van der Waals surface area contributed by atoms with E-state index in [2.05, 4.69) is 15.2 Å². The molecule has 0 unspecified atom stereocenters. The molecule has 0 radical (unpaired) electrons. The van der Waals surface area contributed by atoms with Gasteiger partial charge in [0.05, 0.1) is 26.4 Å². The number of aliphatic hydroxyl groups is 2. The fourth-order valence-corrected chi connectivity index (χ4v) is 3.84. The number of β-amino-alcohol motifs (C(OH)–C–C–N with tert-alkyl or cyclic N) is 2. The highest BCUT2D eigenvalue weighted by molar-refractivity contribution is 5.92. The second-order valence-corrected chi connectivity index (χ2v) is 8.68. The third kappa shape index (κ3) is 6.88. The third-order valence-corrected chi connectivity index (χ3v) is 5.64. The summed E-state index contributed by atoms with van der Waals surface area (Å²) in [6.07, 6.45) is 1.46. The first kappa shape index (κ1) is 24.9. The molecule has 3 N–H and O–H groups in total. The predicted octanol–water partition coefficient (Wildman–Crippen LogP) is 0.758. The highest BCUT2D eigenvalue weighted by Gasteiger charge is 2.44. The molecule has 1 fully saturated rings. The van der Waals surface area contributed by atoms with Gasteiger partial charge in [-0.2, -0.15) is 0 Å². The molecule has 2 atom stereocenters. The number of amides is 1. The van der Waals surface area contributed by atoms with Crippen LogP contribution in [-0.4, -0.2) is 96.6 Å². The van der Waals surface area contributed by atoms with Crippen molar-refractivity contribution in [1.82, 2.24) is 20.1 Å². The minimum absolute atomic E-state index is 0.0663. The molecule has 0 saturated carbocycles. The number of hydrogen-bond donors (Lipinski definition) is 3. The van der Waals surface area contributed by atoms with Crippen LogP contribution in [0.15, 0.2) is 42.6 Å². The number of likely N-dealkylation sites (tertiary alicyclic amines) is 1. The zero-order chi connectivity index (χ0) is 23.8. The molecule has 1 amide bonds. The summed E-state index contributed by atoms with van der Waals surface area (Å²) in [6, 6.07) is 10.8. The van der Waals surface area contributed by atoms with Crippen LogP contribution in [0.4, 0.5) is 0 Å². The average molecular weight is 459 g/mol. The summed E-state index contributed by atoms with van der Waals surface area (Å²) in [4.78, 5) is 20.3. The first-order valence-corrected chi connectivity index (χ1v) is 11.1. The van der Waals surface area contributed by atoms with Gasteiger partial charge in [0.1, 0.15) is 11.3 Å². The van der Waals surface area contributed by atoms with Gasteiger partial charge in [0.25, 0.3) is 5.91 Å². The zero-order valence-electron chi connectivity index (χ0n) is 19.5. The number of hydrogen-bond acceptors (Lipinski definition) is 8. The number of aliphatic hydroxyl groups excluding tert-OH is 1. The van der Waals surface area contributed by atoms with Gasteiger partial charge in [0, 0.05) is 32.4 Å². The molecule has 180 valence electrons. The van der Waals surface area contributed by atoms with Crippen LogP contribution in [0, 0.1) is 0 Å². The predicted molar refractivity (Wildman–Crippen MR) is 124 cm³/mol. The van der Waals surface area contributed by atoms with E-state index in [1.54, 1.807) is 25.3 Å². The summed E-state index contributed by atoms with van der Waals surface area (Å²) in [5.41, 5.74) is -0.202. The quantitative estimate of drug-likeness (QED) is 0.424. The maximum atomic E-state index is 12.2. The SMILES string of the molecule is COc1cc(CN2C[C@@H](O)[C@](O)(CNC(=O)c3ccccn3)C2)ccc1OCCCN(C)C. The number of ether oxygens (including phenoxy) is 2. The van der Waals surface area contributed by atoms with Crippen molar-refractivity contribution in [2.75, 3.05) is 54.0 Å². The number of pyridine rings is 1. The van der Waals surface area contributed by atoms with E-state index in [-0.39, 0.29) is 24.7 Å². The molecule has 0 bridgehead atoms. The Hall–Kier alpha value is -2.72. The fourth-order valence-electron chi connectivity index (χ4n) is 3.84. The lowest BCUT2D eigenvalue weighted by molar-refractivity contribution is -0.0377. The largest absolute Gasteiger partial charge is 0.493 e. The Morgan fingerprint density at radius 1 is 1.30 bits per heavy atom. The number of benzene rings is 1. The van der Waals surface area contributed by atoms with Crippen LogP contribution in [0.2, 0.25) is 0 Å². The van der Waals surface area contributed by atoms with Crippen molar-refractivity contribution in [3.63, 3.8) is 0 Å². The monoisotopic (exact) mass is 458 g/mol. The molecule has 9 heteroatoms. The number of carbonyl (C=O) groups is 1. The Kier molecular flexibility index (Phi) is 8.62. The number of methoxy groups -OCH3 is 1. The average Bonchev–Trinajstić information content (AvgIpc) is 3.09. The van der Waals surface area contributed by atoms with Gasteiger partial charge < -0.3 is 29.9 Å². The molecule has 33 heavy (non-hydrogen) atoms. The molecule has 0 aliphatic carbocycles. The minimum atomic E-state index is -1.44. The lowest BCUT2D eigenvalue weighted by atomic mass is 10.0. The summed E-state index contributed by atoms with van der Waals surface area (Å²) in [5, 5.41) is 24.1. The van der Waals surface area contributed by atoms with Crippen LogP contribution in [0.5, 0.6) is 11.5 Å². The lowest BCUT2D eigenvalue weighted by Crippen LogP contribution is -2.51. The Bertz CT molecular complexity index is 911. The topological polar surface area (TPSA) is 107 Å². The van der Waals surface area contributed by atoms with Crippen molar-refractivity contribution in [2.24, 2.45) is 0 Å². The summed E-state index contributed by atoms with van der Waals surface area (Å²) < 4.78 is 11.3. The van der Waals surface area contributed by atoms with E-state index >= 15 is 0 Å². The summed E-state index contributed by atoms with van der Waals surface area (Å²) in [5.74, 6) is 0.950. The Morgan fingerprint density at radius 2 is 2.12 bits per heavy atom. The smallest absolute Gasteiger partial charge is 0.269 e.